The molecule has 1 saturated heterocycles. The second kappa shape index (κ2) is 11.3. The van der Waals surface area contributed by atoms with Gasteiger partial charge in [-0.05, 0) is 67.3 Å². The Kier molecular flexibility index (Phi) is 8.49. The van der Waals surface area contributed by atoms with Gasteiger partial charge in [-0.1, -0.05) is 19.9 Å². The molecule has 33 heavy (non-hydrogen) atoms. The molecule has 2 N–H and O–H groups in total. The van der Waals surface area contributed by atoms with Crippen LogP contribution in [0.2, 0.25) is 0 Å². The lowest BCUT2D eigenvalue weighted by molar-refractivity contribution is -0.125. The molecule has 0 aliphatic carbocycles. The summed E-state index contributed by atoms with van der Waals surface area (Å²) in [6.07, 6.45) is 1.29. The molecule has 2 heterocycles. The molecule has 2 aromatic rings. The Hall–Kier alpha value is -2.87. The van der Waals surface area contributed by atoms with Crippen molar-refractivity contribution in [1.29, 1.82) is 0 Å². The Balaban J connectivity index is 1.70. The molecular formula is C25H33N3O4S. The highest BCUT2D eigenvalue weighted by Crippen LogP contribution is 2.24. The third-order valence-electron chi connectivity index (χ3n) is 6.32. The predicted molar refractivity (Wildman–Crippen MR) is 130 cm³/mol. The summed E-state index contributed by atoms with van der Waals surface area (Å²) >= 11 is 1.43. The van der Waals surface area contributed by atoms with Crippen LogP contribution in [0.3, 0.4) is 0 Å². The number of thiophene rings is 1. The topological polar surface area (TPSA) is 87.7 Å². The second-order valence-electron chi connectivity index (χ2n) is 8.83. The summed E-state index contributed by atoms with van der Waals surface area (Å²) in [7, 11) is 1.57. The van der Waals surface area contributed by atoms with Crippen LogP contribution in [0.15, 0.2) is 41.8 Å². The average molecular weight is 472 g/mol. The molecule has 1 aliphatic rings. The number of benzene rings is 1. The summed E-state index contributed by atoms with van der Waals surface area (Å²) in [5.41, 5.74) is 0.468. The van der Waals surface area contributed by atoms with E-state index in [2.05, 4.69) is 10.6 Å². The number of methoxy groups -OCH3 is 1. The van der Waals surface area contributed by atoms with Crippen LogP contribution in [0.25, 0.3) is 0 Å². The molecule has 3 rings (SSSR count). The number of hydrogen-bond acceptors (Lipinski definition) is 5. The van der Waals surface area contributed by atoms with Gasteiger partial charge in [0, 0.05) is 24.7 Å². The average Bonchev–Trinajstić information content (AvgIpc) is 3.37. The SMILES string of the molecule is COc1ccc(C(=O)N[C@@H](C(=O)N[C@@H](C)C(C)C)C2CCN(C(=O)c3cccs3)CC2)cc1. The number of likely N-dealkylation sites (tertiary alicyclic amines) is 1. The summed E-state index contributed by atoms with van der Waals surface area (Å²) in [6.45, 7) is 7.18. The van der Waals surface area contributed by atoms with Crippen molar-refractivity contribution in [2.24, 2.45) is 11.8 Å². The summed E-state index contributed by atoms with van der Waals surface area (Å²) in [6, 6.07) is 9.83. The lowest BCUT2D eigenvalue weighted by atomic mass is 9.88. The van der Waals surface area contributed by atoms with Gasteiger partial charge in [0.05, 0.1) is 12.0 Å². The van der Waals surface area contributed by atoms with Gasteiger partial charge in [-0.3, -0.25) is 14.4 Å². The van der Waals surface area contributed by atoms with Crippen LogP contribution in [0, 0.1) is 11.8 Å². The highest BCUT2D eigenvalue weighted by atomic mass is 32.1. The van der Waals surface area contributed by atoms with Gasteiger partial charge in [0.25, 0.3) is 11.8 Å². The second-order valence-corrected chi connectivity index (χ2v) is 9.78. The number of hydrogen-bond donors (Lipinski definition) is 2. The number of carbonyl (C=O) groups is 3. The summed E-state index contributed by atoms with van der Waals surface area (Å²) in [4.78, 5) is 41.4. The maximum Gasteiger partial charge on any atom is 0.263 e. The lowest BCUT2D eigenvalue weighted by Crippen LogP contribution is -2.55. The summed E-state index contributed by atoms with van der Waals surface area (Å²) < 4.78 is 5.16. The minimum atomic E-state index is -0.667. The van der Waals surface area contributed by atoms with E-state index in [0.717, 1.165) is 4.88 Å². The number of carbonyl (C=O) groups excluding carboxylic acids is 3. The fourth-order valence-corrected chi connectivity index (χ4v) is 4.53. The van der Waals surface area contributed by atoms with E-state index in [1.165, 1.54) is 11.3 Å². The van der Waals surface area contributed by atoms with E-state index >= 15 is 0 Å². The molecule has 178 valence electrons. The van der Waals surface area contributed by atoms with Crippen LogP contribution >= 0.6 is 11.3 Å². The maximum absolute atomic E-state index is 13.2. The first-order valence-corrected chi connectivity index (χ1v) is 12.3. The third kappa shape index (κ3) is 6.35. The van der Waals surface area contributed by atoms with Crippen molar-refractivity contribution in [3.63, 3.8) is 0 Å². The van der Waals surface area contributed by atoms with Crippen LogP contribution in [-0.2, 0) is 4.79 Å². The Morgan fingerprint density at radius 2 is 1.70 bits per heavy atom. The van der Waals surface area contributed by atoms with Crippen LogP contribution in [-0.4, -0.2) is 54.9 Å². The fraction of sp³-hybridized carbons (Fsp3) is 0.480. The molecule has 0 radical (unpaired) electrons. The number of nitrogens with zero attached hydrogens (tertiary/aromatic N) is 1. The van der Waals surface area contributed by atoms with Gasteiger partial charge in [-0.15, -0.1) is 11.3 Å². The number of rotatable bonds is 8. The van der Waals surface area contributed by atoms with E-state index in [1.807, 2.05) is 43.2 Å². The Morgan fingerprint density at radius 3 is 2.24 bits per heavy atom. The van der Waals surface area contributed by atoms with E-state index in [4.69, 9.17) is 4.74 Å². The largest absolute Gasteiger partial charge is 0.497 e. The first-order valence-electron chi connectivity index (χ1n) is 11.4. The molecule has 0 saturated carbocycles. The van der Waals surface area contributed by atoms with Crippen molar-refractivity contribution in [1.82, 2.24) is 15.5 Å². The Bertz CT molecular complexity index is 935. The molecule has 8 heteroatoms. The highest BCUT2D eigenvalue weighted by Gasteiger charge is 2.35. The van der Waals surface area contributed by atoms with E-state index in [0.29, 0.717) is 37.2 Å². The van der Waals surface area contributed by atoms with E-state index in [9.17, 15) is 14.4 Å². The quantitative estimate of drug-likeness (QED) is 0.616. The Labute approximate surface area is 199 Å². The molecule has 1 aliphatic heterocycles. The minimum absolute atomic E-state index is 0.0154. The summed E-state index contributed by atoms with van der Waals surface area (Å²) in [5, 5.41) is 7.91. The predicted octanol–water partition coefficient (Wildman–Crippen LogP) is 3.57. The van der Waals surface area contributed by atoms with E-state index < -0.39 is 6.04 Å². The van der Waals surface area contributed by atoms with Crippen molar-refractivity contribution >= 4 is 29.1 Å². The number of amides is 3. The van der Waals surface area contributed by atoms with Crippen LogP contribution in [0.4, 0.5) is 0 Å². The van der Waals surface area contributed by atoms with Crippen molar-refractivity contribution in [3.8, 4) is 5.75 Å². The molecule has 0 unspecified atom stereocenters. The van der Waals surface area contributed by atoms with Crippen molar-refractivity contribution < 1.29 is 19.1 Å². The molecule has 3 amide bonds. The monoisotopic (exact) mass is 471 g/mol. The van der Waals surface area contributed by atoms with Gasteiger partial charge in [0.15, 0.2) is 0 Å². The van der Waals surface area contributed by atoms with Gasteiger partial charge < -0.3 is 20.3 Å². The van der Waals surface area contributed by atoms with Crippen LogP contribution in [0.5, 0.6) is 5.75 Å². The maximum atomic E-state index is 13.2. The van der Waals surface area contributed by atoms with Crippen LogP contribution < -0.4 is 15.4 Å². The third-order valence-corrected chi connectivity index (χ3v) is 7.18. The number of piperidine rings is 1. The van der Waals surface area contributed by atoms with Crippen molar-refractivity contribution in [2.75, 3.05) is 20.2 Å². The van der Waals surface area contributed by atoms with Gasteiger partial charge in [0.2, 0.25) is 5.91 Å². The minimum Gasteiger partial charge on any atom is -0.497 e. The zero-order chi connectivity index (χ0) is 24.0. The molecule has 7 nitrogen and oxygen atoms in total. The molecule has 1 fully saturated rings. The number of ether oxygens (including phenoxy) is 1. The lowest BCUT2D eigenvalue weighted by Gasteiger charge is -2.36. The molecule has 1 aromatic carbocycles. The Morgan fingerprint density at radius 1 is 1.03 bits per heavy atom. The van der Waals surface area contributed by atoms with Crippen molar-refractivity contribution in [2.45, 2.75) is 45.7 Å². The normalized spacial score (nSPS) is 16.2. The molecule has 1 aromatic heterocycles. The molecular weight excluding hydrogens is 438 g/mol. The first kappa shape index (κ1) is 24.8. The van der Waals surface area contributed by atoms with E-state index in [-0.39, 0.29) is 35.6 Å². The van der Waals surface area contributed by atoms with E-state index in [1.54, 1.807) is 31.4 Å². The summed E-state index contributed by atoms with van der Waals surface area (Å²) in [5.74, 6) is 0.429. The zero-order valence-electron chi connectivity index (χ0n) is 19.7. The smallest absolute Gasteiger partial charge is 0.263 e. The molecule has 2 atom stereocenters. The molecule has 0 bridgehead atoms. The zero-order valence-corrected chi connectivity index (χ0v) is 20.5. The highest BCUT2D eigenvalue weighted by molar-refractivity contribution is 7.12. The molecule has 0 spiro atoms. The standard InChI is InChI=1S/C25H33N3O4S/c1-16(2)17(3)26-24(30)22(27-23(29)19-7-9-20(32-4)10-8-19)18-11-13-28(14-12-18)25(31)21-6-5-15-33-21/h5-10,15-18,22H,11-14H2,1-4H3,(H,26,30)(H,27,29)/t17-,22+/m0/s1. The van der Waals surface area contributed by atoms with Gasteiger partial charge in [0.1, 0.15) is 11.8 Å². The van der Waals surface area contributed by atoms with Gasteiger partial charge >= 0.3 is 0 Å². The van der Waals surface area contributed by atoms with Gasteiger partial charge in [-0.25, -0.2) is 0 Å². The van der Waals surface area contributed by atoms with Crippen molar-refractivity contribution in [3.05, 3.63) is 52.2 Å². The fourth-order valence-electron chi connectivity index (χ4n) is 3.84. The number of nitrogens with one attached hydrogen (secondary N) is 2. The van der Waals surface area contributed by atoms with Crippen LogP contribution in [0.1, 0.15) is 53.6 Å². The first-order chi connectivity index (χ1) is 15.8. The van der Waals surface area contributed by atoms with Gasteiger partial charge in [-0.2, -0.15) is 0 Å².